The summed E-state index contributed by atoms with van der Waals surface area (Å²) in [6.45, 7) is 1.55. The van der Waals surface area contributed by atoms with Crippen molar-refractivity contribution in [2.45, 2.75) is 31.8 Å². The zero-order chi connectivity index (χ0) is 10.3. The second-order valence-electron chi connectivity index (χ2n) is 3.79. The highest BCUT2D eigenvalue weighted by Crippen LogP contribution is 2.20. The van der Waals surface area contributed by atoms with Gasteiger partial charge in [-0.15, -0.1) is 0 Å². The van der Waals surface area contributed by atoms with Crippen LogP contribution in [0.5, 0.6) is 0 Å². The van der Waals surface area contributed by atoms with Gasteiger partial charge in [0.2, 0.25) is 0 Å². The van der Waals surface area contributed by atoms with E-state index in [1.165, 1.54) is 25.7 Å². The van der Waals surface area contributed by atoms with Crippen LogP contribution in [0, 0.1) is 0 Å². The van der Waals surface area contributed by atoms with Crippen molar-refractivity contribution in [1.82, 2.24) is 9.97 Å². The van der Waals surface area contributed by atoms with Crippen LogP contribution >= 0.6 is 0 Å². The zero-order valence-corrected chi connectivity index (χ0v) is 8.85. The predicted octanol–water partition coefficient (Wildman–Crippen LogP) is 1.85. The highest BCUT2D eigenvalue weighted by Gasteiger charge is 2.14. The molecule has 4 nitrogen and oxygen atoms in total. The van der Waals surface area contributed by atoms with E-state index in [9.17, 15) is 0 Å². The van der Waals surface area contributed by atoms with Gasteiger partial charge in [0.05, 0.1) is 18.9 Å². The van der Waals surface area contributed by atoms with Crippen LogP contribution in [0.3, 0.4) is 0 Å². The molecule has 0 aromatic carbocycles. The summed E-state index contributed by atoms with van der Waals surface area (Å²) in [5.74, 6) is 0.813. The Morgan fingerprint density at radius 1 is 1.33 bits per heavy atom. The minimum Gasteiger partial charge on any atom is -0.376 e. The molecule has 1 heterocycles. The number of hydrogen-bond donors (Lipinski definition) is 1. The smallest absolute Gasteiger partial charge is 0.144 e. The van der Waals surface area contributed by atoms with E-state index < -0.39 is 0 Å². The van der Waals surface area contributed by atoms with Crippen molar-refractivity contribution in [3.8, 4) is 0 Å². The molecule has 0 bridgehead atoms. The molecule has 0 saturated heterocycles. The topological polar surface area (TPSA) is 47.0 Å². The van der Waals surface area contributed by atoms with E-state index in [-0.39, 0.29) is 0 Å². The van der Waals surface area contributed by atoms with Gasteiger partial charge < -0.3 is 10.1 Å². The number of hydrogen-bond acceptors (Lipinski definition) is 4. The van der Waals surface area contributed by atoms with Gasteiger partial charge in [-0.1, -0.05) is 12.8 Å². The molecule has 1 fully saturated rings. The average Bonchev–Trinajstić information content (AvgIpc) is 2.79. The van der Waals surface area contributed by atoms with Crippen LogP contribution in [0.1, 0.15) is 25.7 Å². The van der Waals surface area contributed by atoms with Gasteiger partial charge in [-0.3, -0.25) is 4.98 Å². The lowest BCUT2D eigenvalue weighted by atomic mass is 10.3. The first kappa shape index (κ1) is 10.4. The first-order chi connectivity index (χ1) is 7.45. The minimum atomic E-state index is 0.494. The Labute approximate surface area is 90.1 Å². The van der Waals surface area contributed by atoms with Crippen molar-refractivity contribution < 1.29 is 4.74 Å². The van der Waals surface area contributed by atoms with Gasteiger partial charge in [-0.25, -0.2) is 4.98 Å². The molecule has 0 amide bonds. The summed E-state index contributed by atoms with van der Waals surface area (Å²) in [5.41, 5.74) is 0. The number of nitrogens with one attached hydrogen (secondary N) is 1. The first-order valence-corrected chi connectivity index (χ1v) is 5.56. The lowest BCUT2D eigenvalue weighted by Gasteiger charge is -2.11. The lowest BCUT2D eigenvalue weighted by Crippen LogP contribution is -2.15. The van der Waals surface area contributed by atoms with Crippen LogP contribution in [-0.4, -0.2) is 29.2 Å². The summed E-state index contributed by atoms with van der Waals surface area (Å²) in [6, 6.07) is 0. The number of rotatable bonds is 5. The van der Waals surface area contributed by atoms with Gasteiger partial charge in [-0.05, 0) is 12.8 Å². The number of anilines is 1. The van der Waals surface area contributed by atoms with Crippen LogP contribution in [0.2, 0.25) is 0 Å². The van der Waals surface area contributed by atoms with Crippen molar-refractivity contribution in [3.05, 3.63) is 18.6 Å². The second kappa shape index (κ2) is 5.66. The molecule has 2 rings (SSSR count). The van der Waals surface area contributed by atoms with E-state index in [0.717, 1.165) is 19.0 Å². The molecule has 1 N–H and O–H groups in total. The normalized spacial score (nSPS) is 16.8. The maximum Gasteiger partial charge on any atom is 0.144 e. The van der Waals surface area contributed by atoms with Crippen LogP contribution in [0.15, 0.2) is 18.6 Å². The van der Waals surface area contributed by atoms with Gasteiger partial charge in [0.15, 0.2) is 0 Å². The Bertz CT molecular complexity index is 272. The molecule has 0 atom stereocenters. The Hall–Kier alpha value is -1.16. The molecule has 1 aromatic rings. The van der Waals surface area contributed by atoms with Crippen molar-refractivity contribution >= 4 is 5.82 Å². The molecule has 1 aliphatic rings. The molecule has 15 heavy (non-hydrogen) atoms. The largest absolute Gasteiger partial charge is 0.376 e. The van der Waals surface area contributed by atoms with Crippen LogP contribution < -0.4 is 5.32 Å². The molecular formula is C11H17N3O. The Morgan fingerprint density at radius 2 is 2.20 bits per heavy atom. The highest BCUT2D eigenvalue weighted by atomic mass is 16.5. The SMILES string of the molecule is c1cnc(NCCOC2CCCC2)cn1. The minimum absolute atomic E-state index is 0.494. The predicted molar refractivity (Wildman–Crippen MR) is 58.7 cm³/mol. The molecule has 82 valence electrons. The fraction of sp³-hybridized carbons (Fsp3) is 0.636. The third-order valence-electron chi connectivity index (χ3n) is 2.63. The molecule has 4 heteroatoms. The summed E-state index contributed by atoms with van der Waals surface area (Å²) in [5, 5.41) is 3.17. The van der Waals surface area contributed by atoms with Crippen LogP contribution in [-0.2, 0) is 4.74 Å². The van der Waals surface area contributed by atoms with Gasteiger partial charge in [0.25, 0.3) is 0 Å². The molecule has 0 aliphatic heterocycles. The number of nitrogens with zero attached hydrogens (tertiary/aromatic N) is 2. The van der Waals surface area contributed by atoms with E-state index in [2.05, 4.69) is 15.3 Å². The van der Waals surface area contributed by atoms with E-state index in [1.54, 1.807) is 18.6 Å². The molecule has 1 saturated carbocycles. The van der Waals surface area contributed by atoms with E-state index in [1.807, 2.05) is 0 Å². The van der Waals surface area contributed by atoms with E-state index in [4.69, 9.17) is 4.74 Å². The molecular weight excluding hydrogens is 190 g/mol. The van der Waals surface area contributed by atoms with Crippen LogP contribution in [0.4, 0.5) is 5.82 Å². The summed E-state index contributed by atoms with van der Waals surface area (Å²) < 4.78 is 5.71. The van der Waals surface area contributed by atoms with Gasteiger partial charge >= 0.3 is 0 Å². The summed E-state index contributed by atoms with van der Waals surface area (Å²) in [6.07, 6.45) is 10.7. The van der Waals surface area contributed by atoms with E-state index in [0.29, 0.717) is 6.10 Å². The van der Waals surface area contributed by atoms with Gasteiger partial charge in [0.1, 0.15) is 5.82 Å². The second-order valence-corrected chi connectivity index (χ2v) is 3.79. The Morgan fingerprint density at radius 3 is 2.93 bits per heavy atom. The van der Waals surface area contributed by atoms with Crippen LogP contribution in [0.25, 0.3) is 0 Å². The third kappa shape index (κ3) is 3.47. The third-order valence-corrected chi connectivity index (χ3v) is 2.63. The van der Waals surface area contributed by atoms with Crippen molar-refractivity contribution in [2.24, 2.45) is 0 Å². The molecule has 0 unspecified atom stereocenters. The van der Waals surface area contributed by atoms with Gasteiger partial charge in [-0.2, -0.15) is 0 Å². The molecule has 1 aromatic heterocycles. The van der Waals surface area contributed by atoms with Crippen molar-refractivity contribution in [3.63, 3.8) is 0 Å². The van der Waals surface area contributed by atoms with E-state index >= 15 is 0 Å². The van der Waals surface area contributed by atoms with Gasteiger partial charge in [0, 0.05) is 18.9 Å². The quantitative estimate of drug-likeness (QED) is 0.748. The summed E-state index contributed by atoms with van der Waals surface area (Å²) in [7, 11) is 0. The first-order valence-electron chi connectivity index (χ1n) is 5.56. The molecule has 0 spiro atoms. The van der Waals surface area contributed by atoms with Crippen molar-refractivity contribution in [1.29, 1.82) is 0 Å². The average molecular weight is 207 g/mol. The zero-order valence-electron chi connectivity index (χ0n) is 8.85. The lowest BCUT2D eigenvalue weighted by molar-refractivity contribution is 0.0658. The maximum atomic E-state index is 5.71. The molecule has 1 aliphatic carbocycles. The highest BCUT2D eigenvalue weighted by molar-refractivity contribution is 5.29. The summed E-state index contributed by atoms with van der Waals surface area (Å²) in [4.78, 5) is 8.09. The fourth-order valence-corrected chi connectivity index (χ4v) is 1.85. The monoisotopic (exact) mass is 207 g/mol. The Kier molecular flexibility index (Phi) is 3.91. The fourth-order valence-electron chi connectivity index (χ4n) is 1.85. The number of ether oxygens (including phenoxy) is 1. The standard InChI is InChI=1S/C11H17N3O/c1-2-4-10(3-1)15-8-7-14-11-9-12-5-6-13-11/h5-6,9-10H,1-4,7-8H2,(H,13,14). The Balaban J connectivity index is 1.59. The molecule has 0 radical (unpaired) electrons. The maximum absolute atomic E-state index is 5.71. The number of aromatic nitrogens is 2. The summed E-state index contributed by atoms with van der Waals surface area (Å²) >= 11 is 0. The van der Waals surface area contributed by atoms with Crippen molar-refractivity contribution in [2.75, 3.05) is 18.5 Å².